The summed E-state index contributed by atoms with van der Waals surface area (Å²) >= 11 is 1.35. The van der Waals surface area contributed by atoms with Gasteiger partial charge in [0.25, 0.3) is 0 Å². The van der Waals surface area contributed by atoms with Crippen LogP contribution in [0.25, 0.3) is 0 Å². The van der Waals surface area contributed by atoms with Crippen molar-refractivity contribution in [3.05, 3.63) is 11.1 Å². The van der Waals surface area contributed by atoms with Crippen LogP contribution < -0.4 is 0 Å². The van der Waals surface area contributed by atoms with Crippen molar-refractivity contribution in [3.8, 4) is 6.07 Å². The lowest BCUT2D eigenvalue weighted by Crippen LogP contribution is -2.08. The van der Waals surface area contributed by atoms with E-state index in [1.807, 2.05) is 6.07 Å². The van der Waals surface area contributed by atoms with Crippen LogP contribution >= 0.6 is 11.8 Å². The molecule has 0 aromatic heterocycles. The molecule has 0 spiro atoms. The second kappa shape index (κ2) is 2.95. The lowest BCUT2D eigenvalue weighted by atomic mass is 9.91. The molecular weight excluding hydrogens is 170 g/mol. The van der Waals surface area contributed by atoms with Crippen molar-refractivity contribution in [3.63, 3.8) is 0 Å². The lowest BCUT2D eigenvalue weighted by Gasteiger charge is -2.18. The molecular formula is C9H9NOS. The van der Waals surface area contributed by atoms with Gasteiger partial charge in [0.15, 0.2) is 0 Å². The molecule has 1 saturated carbocycles. The van der Waals surface area contributed by atoms with Crippen molar-refractivity contribution >= 4 is 16.9 Å². The van der Waals surface area contributed by atoms with Crippen molar-refractivity contribution in [2.45, 2.75) is 30.9 Å². The summed E-state index contributed by atoms with van der Waals surface area (Å²) < 4.78 is 0. The number of hydrogen-bond donors (Lipinski definition) is 0. The predicted molar refractivity (Wildman–Crippen MR) is 47.5 cm³/mol. The highest BCUT2D eigenvalue weighted by molar-refractivity contribution is 8.15. The van der Waals surface area contributed by atoms with Gasteiger partial charge in [-0.3, -0.25) is 4.79 Å². The normalized spacial score (nSPS) is 28.6. The molecule has 2 rings (SSSR count). The van der Waals surface area contributed by atoms with Gasteiger partial charge in [0, 0.05) is 5.25 Å². The van der Waals surface area contributed by atoms with Crippen LogP contribution in [0, 0.1) is 11.3 Å². The molecule has 62 valence electrons. The molecule has 2 nitrogen and oxygen atoms in total. The van der Waals surface area contributed by atoms with Crippen LogP contribution in [0.15, 0.2) is 11.1 Å². The number of carbonyl (C=O) groups excluding carboxylic acids is 1. The molecule has 1 atom stereocenters. The van der Waals surface area contributed by atoms with Gasteiger partial charge >= 0.3 is 0 Å². The Morgan fingerprint density at radius 2 is 2.33 bits per heavy atom. The van der Waals surface area contributed by atoms with Gasteiger partial charge in [0.1, 0.15) is 11.6 Å². The highest BCUT2D eigenvalue weighted by Crippen LogP contribution is 2.42. The molecule has 1 aliphatic heterocycles. The number of nitrogens with zero attached hydrogens (tertiary/aromatic N) is 1. The van der Waals surface area contributed by atoms with E-state index in [1.54, 1.807) is 0 Å². The van der Waals surface area contributed by atoms with Crippen LogP contribution in [0.5, 0.6) is 0 Å². The first-order valence-electron chi connectivity index (χ1n) is 4.17. The van der Waals surface area contributed by atoms with Crippen LogP contribution in [0.2, 0.25) is 0 Å². The SMILES string of the molecule is N#CC1=C2CCCC[C@H]2SC1=O. The third kappa shape index (κ3) is 1.07. The zero-order valence-electron chi connectivity index (χ0n) is 6.67. The zero-order chi connectivity index (χ0) is 8.55. The Hall–Kier alpha value is -0.750. The number of nitriles is 1. The minimum Gasteiger partial charge on any atom is -0.281 e. The molecule has 0 bridgehead atoms. The van der Waals surface area contributed by atoms with E-state index in [2.05, 4.69) is 0 Å². The quantitative estimate of drug-likeness (QED) is 0.571. The number of rotatable bonds is 0. The van der Waals surface area contributed by atoms with Gasteiger partial charge < -0.3 is 0 Å². The molecule has 0 N–H and O–H groups in total. The van der Waals surface area contributed by atoms with E-state index < -0.39 is 0 Å². The largest absolute Gasteiger partial charge is 0.281 e. The van der Waals surface area contributed by atoms with Gasteiger partial charge in [-0.05, 0) is 24.8 Å². The molecule has 2 aliphatic rings. The summed E-state index contributed by atoms with van der Waals surface area (Å²) in [6, 6.07) is 2.02. The Morgan fingerprint density at radius 3 is 3.08 bits per heavy atom. The van der Waals surface area contributed by atoms with Gasteiger partial charge in [0.05, 0.1) is 0 Å². The maximum absolute atomic E-state index is 11.3. The predicted octanol–water partition coefficient (Wildman–Crippen LogP) is 2.02. The number of carbonyl (C=O) groups is 1. The summed E-state index contributed by atoms with van der Waals surface area (Å²) in [4.78, 5) is 11.3. The molecule has 1 heterocycles. The second-order valence-corrected chi connectivity index (χ2v) is 4.33. The maximum Gasteiger partial charge on any atom is 0.230 e. The van der Waals surface area contributed by atoms with E-state index in [4.69, 9.17) is 5.26 Å². The van der Waals surface area contributed by atoms with Crippen LogP contribution in [0.3, 0.4) is 0 Å². The highest BCUT2D eigenvalue weighted by Gasteiger charge is 2.34. The van der Waals surface area contributed by atoms with Crippen LogP contribution in [-0.4, -0.2) is 10.4 Å². The summed E-state index contributed by atoms with van der Waals surface area (Å²) in [7, 11) is 0. The number of hydrogen-bond acceptors (Lipinski definition) is 3. The molecule has 0 aromatic carbocycles. The highest BCUT2D eigenvalue weighted by atomic mass is 32.2. The first-order valence-corrected chi connectivity index (χ1v) is 5.05. The summed E-state index contributed by atoms with van der Waals surface area (Å²) in [6.07, 6.45) is 4.39. The van der Waals surface area contributed by atoms with Gasteiger partial charge in [-0.25, -0.2) is 0 Å². The van der Waals surface area contributed by atoms with Gasteiger partial charge in [-0.15, -0.1) is 0 Å². The van der Waals surface area contributed by atoms with E-state index in [-0.39, 0.29) is 5.12 Å². The topological polar surface area (TPSA) is 40.9 Å². The standard InChI is InChI=1S/C9H9NOS/c10-5-7-6-3-1-2-4-8(6)12-9(7)11/h8H,1-4H2/t8-/m1/s1. The van der Waals surface area contributed by atoms with Gasteiger partial charge in [0.2, 0.25) is 5.12 Å². The Morgan fingerprint density at radius 1 is 1.50 bits per heavy atom. The Balaban J connectivity index is 2.36. The molecule has 0 radical (unpaired) electrons. The minimum atomic E-state index is -0.000556. The summed E-state index contributed by atoms with van der Waals surface area (Å²) in [5.41, 5.74) is 1.57. The van der Waals surface area contributed by atoms with Crippen molar-refractivity contribution in [1.29, 1.82) is 5.26 Å². The van der Waals surface area contributed by atoms with E-state index in [9.17, 15) is 4.79 Å². The van der Waals surface area contributed by atoms with Gasteiger partial charge in [-0.1, -0.05) is 18.2 Å². The average molecular weight is 179 g/mol. The molecule has 0 saturated heterocycles. The van der Waals surface area contributed by atoms with E-state index >= 15 is 0 Å². The van der Waals surface area contributed by atoms with Crippen molar-refractivity contribution in [1.82, 2.24) is 0 Å². The molecule has 12 heavy (non-hydrogen) atoms. The van der Waals surface area contributed by atoms with Crippen molar-refractivity contribution < 1.29 is 4.79 Å². The van der Waals surface area contributed by atoms with E-state index in [0.717, 1.165) is 24.8 Å². The first-order chi connectivity index (χ1) is 5.83. The molecule has 0 aromatic rings. The smallest absolute Gasteiger partial charge is 0.230 e. The Labute approximate surface area is 75.6 Å². The van der Waals surface area contributed by atoms with E-state index in [1.165, 1.54) is 18.2 Å². The number of fused-ring (bicyclic) bond motifs is 1. The third-order valence-electron chi connectivity index (χ3n) is 2.44. The monoisotopic (exact) mass is 179 g/mol. The molecule has 1 fully saturated rings. The average Bonchev–Trinajstić information content (AvgIpc) is 2.40. The van der Waals surface area contributed by atoms with Gasteiger partial charge in [-0.2, -0.15) is 5.26 Å². The van der Waals surface area contributed by atoms with E-state index in [0.29, 0.717) is 10.8 Å². The first kappa shape index (κ1) is 7.88. The van der Waals surface area contributed by atoms with Crippen LogP contribution in [0.4, 0.5) is 0 Å². The Bertz CT molecular complexity index is 300. The molecule has 1 aliphatic carbocycles. The van der Waals surface area contributed by atoms with Crippen LogP contribution in [-0.2, 0) is 4.79 Å². The molecule has 3 heteroatoms. The third-order valence-corrected chi connectivity index (χ3v) is 3.66. The molecule has 0 amide bonds. The maximum atomic E-state index is 11.3. The fraction of sp³-hybridized carbons (Fsp3) is 0.556. The summed E-state index contributed by atoms with van der Waals surface area (Å²) in [5.74, 6) is 0. The zero-order valence-corrected chi connectivity index (χ0v) is 7.49. The minimum absolute atomic E-state index is 0.000556. The van der Waals surface area contributed by atoms with Crippen molar-refractivity contribution in [2.24, 2.45) is 0 Å². The lowest BCUT2D eigenvalue weighted by molar-refractivity contribution is -0.107. The fourth-order valence-corrected chi connectivity index (χ4v) is 3.05. The fourth-order valence-electron chi connectivity index (χ4n) is 1.83. The number of thioether (sulfide) groups is 1. The summed E-state index contributed by atoms with van der Waals surface area (Å²) in [5, 5.41) is 9.08. The Kier molecular flexibility index (Phi) is 1.93. The molecule has 0 unspecified atom stereocenters. The van der Waals surface area contributed by atoms with Crippen molar-refractivity contribution in [2.75, 3.05) is 0 Å². The second-order valence-electron chi connectivity index (χ2n) is 3.15. The van der Waals surface area contributed by atoms with Crippen LogP contribution in [0.1, 0.15) is 25.7 Å². The summed E-state index contributed by atoms with van der Waals surface area (Å²) in [6.45, 7) is 0.